The highest BCUT2D eigenvalue weighted by molar-refractivity contribution is 6.01. The molecule has 4 heteroatoms. The van der Waals surface area contributed by atoms with Gasteiger partial charge in [0.2, 0.25) is 0 Å². The van der Waals surface area contributed by atoms with E-state index in [1.165, 1.54) is 0 Å². The maximum absolute atomic E-state index is 12.1. The number of nitrogens with zero attached hydrogens (tertiary/aromatic N) is 2. The average Bonchev–Trinajstić information content (AvgIpc) is 2.44. The van der Waals surface area contributed by atoms with E-state index in [9.17, 15) is 4.79 Å². The topological polar surface area (TPSA) is 45.2 Å². The van der Waals surface area contributed by atoms with Crippen LogP contribution in [0.5, 0.6) is 0 Å². The normalized spacial score (nSPS) is 18.2. The molecule has 0 fully saturated rings. The summed E-state index contributed by atoms with van der Waals surface area (Å²) in [6, 6.07) is 11.4. The van der Waals surface area contributed by atoms with Gasteiger partial charge >= 0.3 is 0 Å². The third-order valence-electron chi connectivity index (χ3n) is 3.18. The van der Waals surface area contributed by atoms with Gasteiger partial charge in [0, 0.05) is 25.0 Å². The van der Waals surface area contributed by atoms with Crippen LogP contribution in [0.4, 0.5) is 5.69 Å². The van der Waals surface area contributed by atoms with Gasteiger partial charge in [-0.1, -0.05) is 18.2 Å². The molecule has 1 aromatic carbocycles. The maximum Gasteiger partial charge on any atom is 0.255 e. The third-order valence-corrected chi connectivity index (χ3v) is 3.18. The lowest BCUT2D eigenvalue weighted by molar-refractivity contribution is 0.0928. The molecule has 0 saturated carbocycles. The summed E-state index contributed by atoms with van der Waals surface area (Å²) in [4.78, 5) is 18.2. The van der Waals surface area contributed by atoms with Gasteiger partial charge < -0.3 is 10.2 Å². The second-order valence-corrected chi connectivity index (χ2v) is 4.29. The number of rotatable bonds is 1. The summed E-state index contributed by atoms with van der Waals surface area (Å²) in [7, 11) is 1.97. The van der Waals surface area contributed by atoms with E-state index in [4.69, 9.17) is 0 Å². The van der Waals surface area contributed by atoms with E-state index in [1.807, 2.05) is 48.3 Å². The van der Waals surface area contributed by atoms with Crippen LogP contribution in [-0.4, -0.2) is 17.9 Å². The number of benzene rings is 1. The fraction of sp³-hybridized carbons (Fsp3) is 0.143. The molecule has 0 saturated heterocycles. The molecule has 3 rings (SSSR count). The summed E-state index contributed by atoms with van der Waals surface area (Å²) in [5, 5.41) is 2.99. The predicted molar refractivity (Wildman–Crippen MR) is 69.3 cm³/mol. The summed E-state index contributed by atoms with van der Waals surface area (Å²) >= 11 is 0. The van der Waals surface area contributed by atoms with Crippen LogP contribution in [0.25, 0.3) is 0 Å². The molecule has 0 radical (unpaired) electrons. The van der Waals surface area contributed by atoms with Crippen LogP contribution in [0.2, 0.25) is 0 Å². The molecule has 2 heterocycles. The van der Waals surface area contributed by atoms with Crippen molar-refractivity contribution in [3.63, 3.8) is 0 Å². The quantitative estimate of drug-likeness (QED) is 0.827. The number of carbonyl (C=O) groups is 1. The van der Waals surface area contributed by atoms with Crippen LogP contribution in [-0.2, 0) is 0 Å². The van der Waals surface area contributed by atoms with Gasteiger partial charge in [0.25, 0.3) is 5.91 Å². The van der Waals surface area contributed by atoms with Gasteiger partial charge in [-0.2, -0.15) is 0 Å². The number of nitrogens with one attached hydrogen (secondary N) is 1. The zero-order valence-electron chi connectivity index (χ0n) is 10.00. The largest absolute Gasteiger partial charge is 0.350 e. The number of aromatic nitrogens is 1. The second kappa shape index (κ2) is 4.14. The molecule has 1 aliphatic rings. The molecule has 1 atom stereocenters. The molecule has 1 amide bonds. The molecule has 1 aliphatic heterocycles. The minimum atomic E-state index is -0.166. The van der Waals surface area contributed by atoms with Gasteiger partial charge in [-0.3, -0.25) is 9.78 Å². The first-order valence-electron chi connectivity index (χ1n) is 5.80. The third kappa shape index (κ3) is 1.62. The zero-order chi connectivity index (χ0) is 12.5. The molecule has 90 valence electrons. The fourth-order valence-electron chi connectivity index (χ4n) is 2.26. The highest BCUT2D eigenvalue weighted by atomic mass is 16.2. The van der Waals surface area contributed by atoms with Gasteiger partial charge in [-0.05, 0) is 18.2 Å². The molecule has 18 heavy (non-hydrogen) atoms. The van der Waals surface area contributed by atoms with Crippen molar-refractivity contribution >= 4 is 11.6 Å². The smallest absolute Gasteiger partial charge is 0.255 e. The van der Waals surface area contributed by atoms with E-state index in [-0.39, 0.29) is 12.1 Å². The van der Waals surface area contributed by atoms with Crippen LogP contribution >= 0.6 is 0 Å². The van der Waals surface area contributed by atoms with Gasteiger partial charge in [-0.25, -0.2) is 0 Å². The zero-order valence-corrected chi connectivity index (χ0v) is 10.00. The van der Waals surface area contributed by atoms with Crippen molar-refractivity contribution in [2.45, 2.75) is 6.17 Å². The first kappa shape index (κ1) is 10.8. The van der Waals surface area contributed by atoms with Crippen molar-refractivity contribution in [2.24, 2.45) is 0 Å². The Kier molecular flexibility index (Phi) is 2.48. The number of anilines is 1. The van der Waals surface area contributed by atoms with E-state index < -0.39 is 0 Å². The van der Waals surface area contributed by atoms with Crippen molar-refractivity contribution in [3.05, 3.63) is 59.9 Å². The van der Waals surface area contributed by atoms with Gasteiger partial charge in [0.05, 0.1) is 11.3 Å². The molecule has 0 spiro atoms. The summed E-state index contributed by atoms with van der Waals surface area (Å²) < 4.78 is 0. The van der Waals surface area contributed by atoms with Crippen LogP contribution in [0.15, 0.2) is 48.8 Å². The van der Waals surface area contributed by atoms with Crippen LogP contribution in [0.1, 0.15) is 22.1 Å². The lowest BCUT2D eigenvalue weighted by atomic mass is 10.1. The minimum Gasteiger partial charge on any atom is -0.350 e. The predicted octanol–water partition coefficient (Wildman–Crippen LogP) is 1.96. The average molecular weight is 239 g/mol. The van der Waals surface area contributed by atoms with E-state index in [2.05, 4.69) is 10.3 Å². The van der Waals surface area contributed by atoms with Gasteiger partial charge in [0.15, 0.2) is 0 Å². The number of pyridine rings is 1. The van der Waals surface area contributed by atoms with Crippen LogP contribution < -0.4 is 10.2 Å². The number of amides is 1. The van der Waals surface area contributed by atoms with E-state index in [0.717, 1.165) is 11.3 Å². The number of para-hydroxylation sites is 1. The Balaban J connectivity index is 2.05. The van der Waals surface area contributed by atoms with Crippen molar-refractivity contribution in [1.82, 2.24) is 10.3 Å². The Bertz CT molecular complexity index is 583. The lowest BCUT2D eigenvalue weighted by Gasteiger charge is -2.36. The lowest BCUT2D eigenvalue weighted by Crippen LogP contribution is -2.44. The van der Waals surface area contributed by atoms with E-state index in [1.54, 1.807) is 12.4 Å². The first-order valence-corrected chi connectivity index (χ1v) is 5.80. The molecular weight excluding hydrogens is 226 g/mol. The number of hydrogen-bond donors (Lipinski definition) is 1. The van der Waals surface area contributed by atoms with Gasteiger partial charge in [0.1, 0.15) is 6.17 Å². The Labute approximate surface area is 105 Å². The van der Waals surface area contributed by atoms with Crippen LogP contribution in [0.3, 0.4) is 0 Å². The maximum atomic E-state index is 12.1. The number of hydrogen-bond acceptors (Lipinski definition) is 3. The van der Waals surface area contributed by atoms with Crippen molar-refractivity contribution in [2.75, 3.05) is 11.9 Å². The Morgan fingerprint density at radius 2 is 2.06 bits per heavy atom. The summed E-state index contributed by atoms with van der Waals surface area (Å²) in [5.74, 6) is -0.0439. The standard InChI is InChI=1S/C14H13N3O/c1-17-12-7-3-2-6-11(12)14(18)16-13(17)10-5-4-8-15-9-10/h2-9,13H,1H3,(H,16,18). The molecule has 1 N–H and O–H groups in total. The highest BCUT2D eigenvalue weighted by Gasteiger charge is 2.28. The molecule has 0 bridgehead atoms. The summed E-state index contributed by atoms with van der Waals surface area (Å²) in [6.07, 6.45) is 3.33. The Morgan fingerprint density at radius 3 is 2.83 bits per heavy atom. The monoisotopic (exact) mass is 239 g/mol. The second-order valence-electron chi connectivity index (χ2n) is 4.29. The van der Waals surface area contributed by atoms with Crippen molar-refractivity contribution in [3.8, 4) is 0 Å². The van der Waals surface area contributed by atoms with Crippen molar-refractivity contribution < 1.29 is 4.79 Å². The Hall–Kier alpha value is -2.36. The molecule has 1 unspecified atom stereocenters. The SMILES string of the molecule is CN1c2ccccc2C(=O)NC1c1cccnc1. The molecule has 0 aliphatic carbocycles. The summed E-state index contributed by atoms with van der Waals surface area (Å²) in [6.45, 7) is 0. The van der Waals surface area contributed by atoms with E-state index >= 15 is 0 Å². The van der Waals surface area contributed by atoms with Crippen LogP contribution in [0, 0.1) is 0 Å². The number of fused-ring (bicyclic) bond motifs is 1. The molecular formula is C14H13N3O. The van der Waals surface area contributed by atoms with Gasteiger partial charge in [-0.15, -0.1) is 0 Å². The number of carbonyl (C=O) groups excluding carboxylic acids is 1. The summed E-state index contributed by atoms with van der Waals surface area (Å²) in [5.41, 5.74) is 2.62. The first-order chi connectivity index (χ1) is 8.77. The van der Waals surface area contributed by atoms with Crippen molar-refractivity contribution in [1.29, 1.82) is 0 Å². The fourth-order valence-corrected chi connectivity index (χ4v) is 2.26. The molecule has 1 aromatic heterocycles. The molecule has 4 nitrogen and oxygen atoms in total. The van der Waals surface area contributed by atoms with E-state index in [0.29, 0.717) is 5.56 Å². The minimum absolute atomic E-state index is 0.0439. The Morgan fingerprint density at radius 1 is 1.22 bits per heavy atom. The molecule has 2 aromatic rings. The highest BCUT2D eigenvalue weighted by Crippen LogP contribution is 2.30.